The van der Waals surface area contributed by atoms with Crippen LogP contribution in [0.3, 0.4) is 0 Å². The molecule has 10 heteroatoms. The van der Waals surface area contributed by atoms with Gasteiger partial charge >= 0.3 is 0 Å². The molecular weight excluding hydrogens is 516 g/mol. The number of rotatable bonds is 5. The summed E-state index contributed by atoms with van der Waals surface area (Å²) in [6.07, 6.45) is 1.73. The van der Waals surface area contributed by atoms with E-state index < -0.39 is 15.9 Å². The van der Waals surface area contributed by atoms with E-state index in [9.17, 15) is 13.2 Å². The molecule has 1 aromatic heterocycles. The lowest BCUT2D eigenvalue weighted by atomic mass is 10.1. The van der Waals surface area contributed by atoms with Gasteiger partial charge in [-0.15, -0.1) is 10.2 Å². The van der Waals surface area contributed by atoms with E-state index >= 15 is 0 Å². The van der Waals surface area contributed by atoms with Crippen molar-refractivity contribution in [2.75, 3.05) is 11.9 Å². The summed E-state index contributed by atoms with van der Waals surface area (Å²) in [5, 5.41) is 12.4. The van der Waals surface area contributed by atoms with Gasteiger partial charge in [-0.1, -0.05) is 83.1 Å². The maximum Gasteiger partial charge on any atom is 0.254 e. The fourth-order valence-corrected chi connectivity index (χ4v) is 6.31. The number of hydrogen-bond donors (Lipinski definition) is 1. The fraction of sp³-hybridized carbons (Fsp3) is 0.115. The third-order valence-electron chi connectivity index (χ3n) is 5.78. The quantitative estimate of drug-likeness (QED) is 0.369. The Morgan fingerprint density at radius 1 is 0.972 bits per heavy atom. The smallest absolute Gasteiger partial charge is 0.254 e. The Balaban J connectivity index is 1.45. The van der Waals surface area contributed by atoms with E-state index in [-0.39, 0.29) is 18.0 Å². The molecule has 3 aromatic carbocycles. The maximum absolute atomic E-state index is 13.5. The van der Waals surface area contributed by atoms with Gasteiger partial charge in [0.2, 0.25) is 15.2 Å². The van der Waals surface area contributed by atoms with Crippen LogP contribution in [0.1, 0.15) is 16.7 Å². The van der Waals surface area contributed by atoms with Gasteiger partial charge in [0, 0.05) is 24.2 Å². The molecule has 1 N–H and O–H groups in total. The first-order chi connectivity index (χ1) is 17.3. The second-order valence-corrected chi connectivity index (χ2v) is 11.6. The molecule has 36 heavy (non-hydrogen) atoms. The molecular formula is C26H21ClN4O3S2. The Morgan fingerprint density at radius 2 is 1.69 bits per heavy atom. The van der Waals surface area contributed by atoms with Crippen LogP contribution in [0.4, 0.5) is 5.13 Å². The Hall–Kier alpha value is -3.37. The second-order valence-electron chi connectivity index (χ2n) is 8.30. The molecule has 7 nitrogen and oxygen atoms in total. The molecule has 1 aliphatic heterocycles. The Kier molecular flexibility index (Phi) is 6.72. The topological polar surface area (TPSA) is 92.3 Å². The molecule has 0 aliphatic carbocycles. The van der Waals surface area contributed by atoms with E-state index in [0.717, 1.165) is 22.3 Å². The van der Waals surface area contributed by atoms with Gasteiger partial charge < -0.3 is 0 Å². The largest absolute Gasteiger partial charge is 0.297 e. The summed E-state index contributed by atoms with van der Waals surface area (Å²) in [7, 11) is -3.85. The number of nitrogens with zero attached hydrogens (tertiary/aromatic N) is 3. The standard InChI is InChI=1S/C26H21ClN4O3S2/c1-17-10-12-21(13-11-17)36(33,34)31-15-19-7-3-2-6-18(19)14-20(16-31)24(32)28-26-30-29-25(35-26)22-8-4-5-9-23(22)27/h2-14H,15-16H2,1H3,(H,28,30,32). The SMILES string of the molecule is Cc1ccc(S(=O)(=O)N2CC(C(=O)Nc3nnc(-c4ccccc4Cl)s3)=Cc3ccccc3C2)cc1. The molecule has 182 valence electrons. The van der Waals surface area contributed by atoms with Crippen LogP contribution in [0, 0.1) is 6.92 Å². The molecule has 0 saturated heterocycles. The number of hydrogen-bond acceptors (Lipinski definition) is 6. The molecule has 1 aliphatic rings. The van der Waals surface area contributed by atoms with Gasteiger partial charge in [-0.25, -0.2) is 8.42 Å². The number of amides is 1. The summed E-state index contributed by atoms with van der Waals surface area (Å²) in [6.45, 7) is 1.95. The van der Waals surface area contributed by atoms with E-state index in [4.69, 9.17) is 11.6 Å². The lowest BCUT2D eigenvalue weighted by Crippen LogP contribution is -2.34. The predicted octanol–water partition coefficient (Wildman–Crippen LogP) is 5.39. The van der Waals surface area contributed by atoms with Crippen LogP contribution in [0.5, 0.6) is 0 Å². The summed E-state index contributed by atoms with van der Waals surface area (Å²) in [5.74, 6) is -0.447. The highest BCUT2D eigenvalue weighted by Gasteiger charge is 2.30. The number of aryl methyl sites for hydroxylation is 1. The molecule has 0 unspecified atom stereocenters. The van der Waals surface area contributed by atoms with E-state index in [1.54, 1.807) is 36.4 Å². The number of anilines is 1. The molecule has 0 bridgehead atoms. The molecule has 2 heterocycles. The molecule has 0 saturated carbocycles. The van der Waals surface area contributed by atoms with Crippen LogP contribution in [0.25, 0.3) is 16.6 Å². The fourth-order valence-electron chi connectivity index (χ4n) is 3.85. The number of aromatic nitrogens is 2. The van der Waals surface area contributed by atoms with Gasteiger partial charge in [-0.2, -0.15) is 4.31 Å². The summed E-state index contributed by atoms with van der Waals surface area (Å²) in [6, 6.07) is 21.4. The minimum atomic E-state index is -3.85. The number of halogens is 1. The molecule has 0 spiro atoms. The molecule has 1 amide bonds. The molecule has 5 rings (SSSR count). The van der Waals surface area contributed by atoms with Crippen molar-refractivity contribution in [2.45, 2.75) is 18.4 Å². The Bertz CT molecular complexity index is 1580. The zero-order chi connectivity index (χ0) is 25.3. The third-order valence-corrected chi connectivity index (χ3v) is 8.79. The average Bonchev–Trinajstić information content (AvgIpc) is 3.22. The summed E-state index contributed by atoms with van der Waals surface area (Å²) in [4.78, 5) is 13.5. The highest BCUT2D eigenvalue weighted by atomic mass is 35.5. The van der Waals surface area contributed by atoms with Crippen molar-refractivity contribution in [3.63, 3.8) is 0 Å². The maximum atomic E-state index is 13.5. The van der Waals surface area contributed by atoms with E-state index in [1.165, 1.54) is 15.6 Å². The third kappa shape index (κ3) is 4.96. The first kappa shape index (κ1) is 24.3. The van der Waals surface area contributed by atoms with Crippen LogP contribution in [-0.2, 0) is 21.4 Å². The van der Waals surface area contributed by atoms with Gasteiger partial charge in [0.25, 0.3) is 5.91 Å². The number of nitrogens with one attached hydrogen (secondary N) is 1. The number of fused-ring (bicyclic) bond motifs is 1. The van der Waals surface area contributed by atoms with Crippen LogP contribution in [0.15, 0.2) is 83.3 Å². The van der Waals surface area contributed by atoms with Gasteiger partial charge in [-0.3, -0.25) is 10.1 Å². The number of carbonyl (C=O) groups excluding carboxylic acids is 1. The van der Waals surface area contributed by atoms with Gasteiger partial charge in [0.15, 0.2) is 5.01 Å². The number of benzene rings is 3. The number of sulfonamides is 1. The predicted molar refractivity (Wildman–Crippen MR) is 142 cm³/mol. The van der Waals surface area contributed by atoms with E-state index in [0.29, 0.717) is 20.7 Å². The summed E-state index contributed by atoms with van der Waals surface area (Å²) in [5.41, 5.74) is 3.58. The van der Waals surface area contributed by atoms with Gasteiger partial charge in [0.1, 0.15) is 0 Å². The molecule has 0 atom stereocenters. The van der Waals surface area contributed by atoms with Crippen LogP contribution in [0.2, 0.25) is 5.02 Å². The Labute approximate surface area is 218 Å². The lowest BCUT2D eigenvalue weighted by Gasteiger charge is -2.22. The van der Waals surface area contributed by atoms with Gasteiger partial charge in [0.05, 0.1) is 9.92 Å². The zero-order valence-corrected chi connectivity index (χ0v) is 21.6. The van der Waals surface area contributed by atoms with Crippen molar-refractivity contribution in [1.82, 2.24) is 14.5 Å². The van der Waals surface area contributed by atoms with Crippen molar-refractivity contribution in [2.24, 2.45) is 0 Å². The first-order valence-electron chi connectivity index (χ1n) is 11.1. The van der Waals surface area contributed by atoms with E-state index in [2.05, 4.69) is 15.5 Å². The minimum Gasteiger partial charge on any atom is -0.297 e. The highest BCUT2D eigenvalue weighted by molar-refractivity contribution is 7.89. The monoisotopic (exact) mass is 536 g/mol. The van der Waals surface area contributed by atoms with Crippen molar-refractivity contribution in [3.8, 4) is 10.6 Å². The van der Waals surface area contributed by atoms with Crippen LogP contribution < -0.4 is 5.32 Å². The van der Waals surface area contributed by atoms with E-state index in [1.807, 2.05) is 49.4 Å². The average molecular weight is 537 g/mol. The van der Waals surface area contributed by atoms with Crippen LogP contribution >= 0.6 is 22.9 Å². The summed E-state index contributed by atoms with van der Waals surface area (Å²) >= 11 is 7.45. The highest BCUT2D eigenvalue weighted by Crippen LogP contribution is 2.32. The van der Waals surface area contributed by atoms with Crippen molar-refractivity contribution in [3.05, 3.63) is 100 Å². The van der Waals surface area contributed by atoms with Crippen molar-refractivity contribution >= 4 is 50.1 Å². The van der Waals surface area contributed by atoms with Gasteiger partial charge in [-0.05, 0) is 42.3 Å². The minimum absolute atomic E-state index is 0.0904. The summed E-state index contributed by atoms with van der Waals surface area (Å²) < 4.78 is 28.4. The van der Waals surface area contributed by atoms with Crippen molar-refractivity contribution < 1.29 is 13.2 Å². The second kappa shape index (κ2) is 9.94. The van der Waals surface area contributed by atoms with Crippen LogP contribution in [-0.4, -0.2) is 35.4 Å². The molecule has 0 fully saturated rings. The van der Waals surface area contributed by atoms with Crippen molar-refractivity contribution in [1.29, 1.82) is 0 Å². The molecule has 0 radical (unpaired) electrons. The Morgan fingerprint density at radius 3 is 2.47 bits per heavy atom. The normalized spacial score (nSPS) is 14.0. The zero-order valence-electron chi connectivity index (χ0n) is 19.2. The lowest BCUT2D eigenvalue weighted by molar-refractivity contribution is -0.112. The first-order valence-corrected chi connectivity index (χ1v) is 13.7. The number of carbonyl (C=O) groups is 1. The molecule has 4 aromatic rings.